The molecule has 1 saturated carbocycles. The Bertz CT molecular complexity index is 610. The molecule has 110 valence electrons. The van der Waals surface area contributed by atoms with Gasteiger partial charge in [0.05, 0.1) is 6.07 Å². The highest BCUT2D eigenvalue weighted by atomic mass is 16.2. The van der Waals surface area contributed by atoms with Crippen LogP contribution in [0.25, 0.3) is 0 Å². The summed E-state index contributed by atoms with van der Waals surface area (Å²) in [6, 6.07) is 7.37. The Balaban J connectivity index is 2.20. The van der Waals surface area contributed by atoms with Crippen molar-refractivity contribution in [3.05, 3.63) is 29.3 Å². The lowest BCUT2D eigenvalue weighted by Crippen LogP contribution is -2.45. The Labute approximate surface area is 124 Å². The number of carbonyl (C=O) groups excluding carboxylic acids is 2. The van der Waals surface area contributed by atoms with Gasteiger partial charge >= 0.3 is 0 Å². The summed E-state index contributed by atoms with van der Waals surface area (Å²) in [5, 5.41) is 14.9. The van der Waals surface area contributed by atoms with Crippen LogP contribution in [-0.4, -0.2) is 17.4 Å². The highest BCUT2D eigenvalue weighted by Gasteiger charge is 2.35. The SMILES string of the molecule is CC(=O)Nc1cc(C(=O)NC2(C#N)CCCC2)ccc1C. The number of hydrogen-bond donors (Lipinski definition) is 2. The van der Waals surface area contributed by atoms with Crippen LogP contribution in [0.1, 0.15) is 48.5 Å². The fraction of sp³-hybridized carbons (Fsp3) is 0.438. The van der Waals surface area contributed by atoms with E-state index >= 15 is 0 Å². The van der Waals surface area contributed by atoms with Crippen LogP contribution in [0.5, 0.6) is 0 Å². The number of amides is 2. The minimum atomic E-state index is -0.740. The molecule has 0 bridgehead atoms. The molecule has 5 nitrogen and oxygen atoms in total. The second-order valence-electron chi connectivity index (χ2n) is 5.57. The third-order valence-corrected chi connectivity index (χ3v) is 3.83. The van der Waals surface area contributed by atoms with Gasteiger partial charge in [-0.3, -0.25) is 9.59 Å². The highest BCUT2D eigenvalue weighted by molar-refractivity contribution is 5.97. The van der Waals surface area contributed by atoms with E-state index in [4.69, 9.17) is 0 Å². The van der Waals surface area contributed by atoms with Crippen LogP contribution in [0, 0.1) is 18.3 Å². The van der Waals surface area contributed by atoms with E-state index in [1.54, 1.807) is 18.2 Å². The fourth-order valence-electron chi connectivity index (χ4n) is 2.62. The summed E-state index contributed by atoms with van der Waals surface area (Å²) in [5.41, 5.74) is 1.21. The number of benzene rings is 1. The number of carbonyl (C=O) groups is 2. The number of nitriles is 1. The van der Waals surface area contributed by atoms with Crippen molar-refractivity contribution in [2.75, 3.05) is 5.32 Å². The molecule has 0 spiro atoms. The Morgan fingerprint density at radius 3 is 2.52 bits per heavy atom. The molecule has 1 aliphatic carbocycles. The number of nitrogens with one attached hydrogen (secondary N) is 2. The monoisotopic (exact) mass is 285 g/mol. The van der Waals surface area contributed by atoms with Gasteiger partial charge in [0.1, 0.15) is 5.54 Å². The van der Waals surface area contributed by atoms with Gasteiger partial charge in [-0.05, 0) is 50.3 Å². The summed E-state index contributed by atoms with van der Waals surface area (Å²) < 4.78 is 0. The Kier molecular flexibility index (Phi) is 4.27. The van der Waals surface area contributed by atoms with Crippen molar-refractivity contribution in [2.24, 2.45) is 0 Å². The molecule has 0 aromatic heterocycles. The van der Waals surface area contributed by atoms with Crippen LogP contribution in [-0.2, 0) is 4.79 Å². The van der Waals surface area contributed by atoms with Crippen molar-refractivity contribution >= 4 is 17.5 Å². The van der Waals surface area contributed by atoms with Gasteiger partial charge in [-0.1, -0.05) is 6.07 Å². The maximum atomic E-state index is 12.3. The van der Waals surface area contributed by atoms with Crippen LogP contribution in [0.2, 0.25) is 0 Å². The van der Waals surface area contributed by atoms with E-state index in [0.29, 0.717) is 24.1 Å². The molecule has 0 radical (unpaired) electrons. The number of aryl methyl sites for hydroxylation is 1. The quantitative estimate of drug-likeness (QED) is 0.895. The summed E-state index contributed by atoms with van der Waals surface area (Å²) in [7, 11) is 0. The van der Waals surface area contributed by atoms with Crippen molar-refractivity contribution in [1.29, 1.82) is 5.26 Å². The van der Waals surface area contributed by atoms with E-state index in [2.05, 4.69) is 16.7 Å². The molecule has 2 rings (SSSR count). The molecule has 1 aromatic rings. The Hall–Kier alpha value is -2.35. The summed E-state index contributed by atoms with van der Waals surface area (Å²) in [4.78, 5) is 23.5. The molecule has 2 N–H and O–H groups in total. The first kappa shape index (κ1) is 15.0. The van der Waals surface area contributed by atoms with Crippen LogP contribution >= 0.6 is 0 Å². The fourth-order valence-corrected chi connectivity index (χ4v) is 2.62. The minimum Gasteiger partial charge on any atom is -0.334 e. The van der Waals surface area contributed by atoms with Gasteiger partial charge in [0.15, 0.2) is 0 Å². The zero-order valence-electron chi connectivity index (χ0n) is 12.3. The van der Waals surface area contributed by atoms with E-state index in [1.807, 2.05) is 6.92 Å². The van der Waals surface area contributed by atoms with Crippen LogP contribution < -0.4 is 10.6 Å². The molecule has 5 heteroatoms. The molecule has 0 saturated heterocycles. The van der Waals surface area contributed by atoms with E-state index in [9.17, 15) is 14.9 Å². The van der Waals surface area contributed by atoms with Gasteiger partial charge < -0.3 is 10.6 Å². The molecule has 0 aliphatic heterocycles. The van der Waals surface area contributed by atoms with E-state index in [0.717, 1.165) is 18.4 Å². The zero-order chi connectivity index (χ0) is 15.5. The van der Waals surface area contributed by atoms with Crippen molar-refractivity contribution in [2.45, 2.75) is 45.1 Å². The van der Waals surface area contributed by atoms with Gasteiger partial charge in [-0.25, -0.2) is 0 Å². The first-order chi connectivity index (χ1) is 9.96. The lowest BCUT2D eigenvalue weighted by molar-refractivity contribution is -0.114. The summed E-state index contributed by atoms with van der Waals surface area (Å²) >= 11 is 0. The summed E-state index contributed by atoms with van der Waals surface area (Å²) in [6.45, 7) is 3.29. The maximum Gasteiger partial charge on any atom is 0.252 e. The predicted octanol–water partition coefficient (Wildman–Crippen LogP) is 2.52. The first-order valence-electron chi connectivity index (χ1n) is 7.08. The topological polar surface area (TPSA) is 82.0 Å². The molecular formula is C16H19N3O2. The second-order valence-corrected chi connectivity index (χ2v) is 5.57. The number of anilines is 1. The standard InChI is InChI=1S/C16H19N3O2/c1-11-5-6-13(9-14(11)18-12(2)20)15(21)19-16(10-17)7-3-4-8-16/h5-6,9H,3-4,7-8H2,1-2H3,(H,18,20)(H,19,21). The lowest BCUT2D eigenvalue weighted by Gasteiger charge is -2.22. The van der Waals surface area contributed by atoms with Gasteiger partial charge in [0.25, 0.3) is 5.91 Å². The van der Waals surface area contributed by atoms with Gasteiger partial charge in [0.2, 0.25) is 5.91 Å². The average molecular weight is 285 g/mol. The first-order valence-corrected chi connectivity index (χ1v) is 7.08. The minimum absolute atomic E-state index is 0.181. The molecule has 0 atom stereocenters. The van der Waals surface area contributed by atoms with Crippen molar-refractivity contribution < 1.29 is 9.59 Å². The number of nitrogens with zero attached hydrogens (tertiary/aromatic N) is 1. The van der Waals surface area contributed by atoms with E-state index in [1.165, 1.54) is 6.92 Å². The molecule has 0 unspecified atom stereocenters. The van der Waals surface area contributed by atoms with Gasteiger partial charge in [-0.15, -0.1) is 0 Å². The second kappa shape index (κ2) is 5.96. The van der Waals surface area contributed by atoms with Crippen molar-refractivity contribution in [1.82, 2.24) is 5.32 Å². The zero-order valence-corrected chi connectivity index (χ0v) is 12.3. The number of hydrogen-bond acceptors (Lipinski definition) is 3. The van der Waals surface area contributed by atoms with Crippen molar-refractivity contribution in [3.63, 3.8) is 0 Å². The summed E-state index contributed by atoms with van der Waals surface area (Å²) in [5.74, 6) is -0.454. The van der Waals surface area contributed by atoms with E-state index < -0.39 is 5.54 Å². The Morgan fingerprint density at radius 2 is 1.95 bits per heavy atom. The van der Waals surface area contributed by atoms with Crippen LogP contribution in [0.3, 0.4) is 0 Å². The van der Waals surface area contributed by atoms with Crippen molar-refractivity contribution in [3.8, 4) is 6.07 Å². The van der Waals surface area contributed by atoms with Gasteiger partial charge in [0, 0.05) is 18.2 Å². The smallest absolute Gasteiger partial charge is 0.252 e. The van der Waals surface area contributed by atoms with Crippen LogP contribution in [0.4, 0.5) is 5.69 Å². The molecular weight excluding hydrogens is 266 g/mol. The van der Waals surface area contributed by atoms with Gasteiger partial charge in [-0.2, -0.15) is 5.26 Å². The van der Waals surface area contributed by atoms with Crippen LogP contribution in [0.15, 0.2) is 18.2 Å². The maximum absolute atomic E-state index is 12.3. The molecule has 21 heavy (non-hydrogen) atoms. The molecule has 0 heterocycles. The largest absolute Gasteiger partial charge is 0.334 e. The van der Waals surface area contributed by atoms with E-state index in [-0.39, 0.29) is 11.8 Å². The highest BCUT2D eigenvalue weighted by Crippen LogP contribution is 2.29. The predicted molar refractivity (Wildman–Crippen MR) is 79.8 cm³/mol. The average Bonchev–Trinajstić information content (AvgIpc) is 2.90. The number of rotatable bonds is 3. The molecule has 1 aliphatic rings. The third kappa shape index (κ3) is 3.40. The summed E-state index contributed by atoms with van der Waals surface area (Å²) in [6.07, 6.45) is 3.30. The lowest BCUT2D eigenvalue weighted by atomic mass is 9.99. The normalized spacial score (nSPS) is 16.0. The Morgan fingerprint density at radius 1 is 1.29 bits per heavy atom. The molecule has 1 aromatic carbocycles. The third-order valence-electron chi connectivity index (χ3n) is 3.83. The molecule has 2 amide bonds. The molecule has 1 fully saturated rings.